The first-order valence-corrected chi connectivity index (χ1v) is 11.4. The zero-order chi connectivity index (χ0) is 21.6. The van der Waals surface area contributed by atoms with Gasteiger partial charge in [0.15, 0.2) is 0 Å². The highest BCUT2D eigenvalue weighted by molar-refractivity contribution is 5.95. The average Bonchev–Trinajstić information content (AvgIpc) is 3.46. The summed E-state index contributed by atoms with van der Waals surface area (Å²) in [4.78, 5) is 14.9. The number of likely N-dealkylation sites (tertiary alicyclic amines) is 1. The molecule has 2 heterocycles. The van der Waals surface area contributed by atoms with Crippen molar-refractivity contribution in [3.63, 3.8) is 0 Å². The van der Waals surface area contributed by atoms with Crippen LogP contribution in [0.5, 0.6) is 0 Å². The molecule has 0 aliphatic carbocycles. The fourth-order valence-corrected chi connectivity index (χ4v) is 4.15. The number of amides is 1. The van der Waals surface area contributed by atoms with Gasteiger partial charge in [-0.05, 0) is 88.5 Å². The molecule has 1 aliphatic rings. The van der Waals surface area contributed by atoms with E-state index in [9.17, 15) is 4.79 Å². The second-order valence-electron chi connectivity index (χ2n) is 8.73. The second-order valence-corrected chi connectivity index (χ2v) is 8.73. The number of rotatable bonds is 8. The fourth-order valence-electron chi connectivity index (χ4n) is 4.15. The summed E-state index contributed by atoms with van der Waals surface area (Å²) in [6.07, 6.45) is 5.05. The van der Waals surface area contributed by atoms with Crippen molar-refractivity contribution in [3.8, 4) is 22.5 Å². The number of aromatic nitrogens is 2. The normalized spacial score (nSPS) is 14.3. The quantitative estimate of drug-likeness (QED) is 0.548. The minimum absolute atomic E-state index is 0.0621. The number of benzene rings is 2. The molecule has 0 atom stereocenters. The van der Waals surface area contributed by atoms with Crippen molar-refractivity contribution in [2.75, 3.05) is 19.6 Å². The van der Waals surface area contributed by atoms with Crippen LogP contribution >= 0.6 is 0 Å². The lowest BCUT2D eigenvalue weighted by molar-refractivity contribution is 0.0943. The summed E-state index contributed by atoms with van der Waals surface area (Å²) in [6.45, 7) is 7.67. The van der Waals surface area contributed by atoms with E-state index in [-0.39, 0.29) is 11.9 Å². The van der Waals surface area contributed by atoms with Crippen molar-refractivity contribution in [1.82, 2.24) is 20.4 Å². The lowest BCUT2D eigenvalue weighted by Gasteiger charge is -2.13. The Hall–Kier alpha value is -2.92. The number of hydrogen-bond acceptors (Lipinski definition) is 3. The zero-order valence-electron chi connectivity index (χ0n) is 18.5. The molecule has 0 bridgehead atoms. The van der Waals surface area contributed by atoms with Crippen LogP contribution in [0.15, 0.2) is 54.6 Å². The molecule has 1 aliphatic heterocycles. The first-order valence-electron chi connectivity index (χ1n) is 11.4. The summed E-state index contributed by atoms with van der Waals surface area (Å²) in [5.41, 5.74) is 5.90. The number of aromatic amines is 1. The maximum atomic E-state index is 12.3. The van der Waals surface area contributed by atoms with Gasteiger partial charge in [0.1, 0.15) is 0 Å². The molecule has 0 radical (unpaired) electrons. The first kappa shape index (κ1) is 21.3. The van der Waals surface area contributed by atoms with Crippen molar-refractivity contribution < 1.29 is 4.79 Å². The zero-order valence-corrected chi connectivity index (χ0v) is 18.5. The SMILES string of the molecule is CC(C)NC(=O)c1cccc(-c2cc(-c3ccc(CCCN4CCCC4)cc3)[nH]n2)c1. The molecule has 1 fully saturated rings. The fraction of sp³-hybridized carbons (Fsp3) is 0.385. The van der Waals surface area contributed by atoms with Crippen LogP contribution in [-0.4, -0.2) is 46.7 Å². The molecule has 1 amide bonds. The third-order valence-corrected chi connectivity index (χ3v) is 5.82. The Bertz CT molecular complexity index is 1000. The standard InChI is InChI=1S/C26H32N4O/c1-19(2)27-26(31)23-9-5-8-22(17-23)25-18-24(28-29-25)21-12-10-20(11-13-21)7-6-16-30-14-3-4-15-30/h5,8-13,17-19H,3-4,6-7,14-16H2,1-2H3,(H,27,31)(H,28,29). The Morgan fingerprint density at radius 1 is 1.06 bits per heavy atom. The Morgan fingerprint density at radius 3 is 2.58 bits per heavy atom. The van der Waals surface area contributed by atoms with Gasteiger partial charge < -0.3 is 10.2 Å². The first-order chi connectivity index (χ1) is 15.1. The Labute approximate surface area is 184 Å². The highest BCUT2D eigenvalue weighted by Crippen LogP contribution is 2.25. The van der Waals surface area contributed by atoms with Crippen LogP contribution in [0.4, 0.5) is 0 Å². The molecule has 31 heavy (non-hydrogen) atoms. The summed E-state index contributed by atoms with van der Waals surface area (Å²) in [7, 11) is 0. The number of aryl methyl sites for hydroxylation is 1. The van der Waals surface area contributed by atoms with E-state index in [1.165, 1.54) is 44.5 Å². The van der Waals surface area contributed by atoms with Crippen molar-refractivity contribution >= 4 is 5.91 Å². The predicted octanol–water partition coefficient (Wildman–Crippen LogP) is 4.91. The van der Waals surface area contributed by atoms with Gasteiger partial charge in [0.2, 0.25) is 0 Å². The van der Waals surface area contributed by atoms with Crippen molar-refractivity contribution in [2.45, 2.75) is 45.6 Å². The van der Waals surface area contributed by atoms with Crippen LogP contribution < -0.4 is 5.32 Å². The van der Waals surface area contributed by atoms with Gasteiger partial charge in [-0.15, -0.1) is 0 Å². The molecule has 0 unspecified atom stereocenters. The van der Waals surface area contributed by atoms with E-state index in [1.54, 1.807) is 0 Å². The molecule has 0 spiro atoms. The Balaban J connectivity index is 1.40. The van der Waals surface area contributed by atoms with E-state index in [4.69, 9.17) is 0 Å². The summed E-state index contributed by atoms with van der Waals surface area (Å²) in [5, 5.41) is 10.6. The molecule has 4 rings (SSSR count). The van der Waals surface area contributed by atoms with E-state index in [0.717, 1.165) is 28.9 Å². The molecule has 1 aromatic heterocycles. The summed E-state index contributed by atoms with van der Waals surface area (Å²) >= 11 is 0. The van der Waals surface area contributed by atoms with Crippen LogP contribution in [0, 0.1) is 0 Å². The molecular weight excluding hydrogens is 384 g/mol. The average molecular weight is 417 g/mol. The van der Waals surface area contributed by atoms with E-state index in [0.29, 0.717) is 5.56 Å². The van der Waals surface area contributed by atoms with E-state index in [2.05, 4.69) is 44.7 Å². The molecular formula is C26H32N4O. The van der Waals surface area contributed by atoms with E-state index < -0.39 is 0 Å². The van der Waals surface area contributed by atoms with Crippen LogP contribution in [-0.2, 0) is 6.42 Å². The van der Waals surface area contributed by atoms with E-state index in [1.807, 2.05) is 44.2 Å². The smallest absolute Gasteiger partial charge is 0.251 e. The molecule has 3 aromatic rings. The lowest BCUT2D eigenvalue weighted by Crippen LogP contribution is -2.30. The van der Waals surface area contributed by atoms with Crippen LogP contribution in [0.25, 0.3) is 22.5 Å². The third kappa shape index (κ3) is 5.61. The van der Waals surface area contributed by atoms with Gasteiger partial charge in [-0.25, -0.2) is 0 Å². The van der Waals surface area contributed by atoms with Crippen LogP contribution in [0.1, 0.15) is 49.0 Å². The van der Waals surface area contributed by atoms with Gasteiger partial charge in [0.05, 0.1) is 11.4 Å². The number of carbonyl (C=O) groups excluding carboxylic acids is 1. The Morgan fingerprint density at radius 2 is 1.84 bits per heavy atom. The highest BCUT2D eigenvalue weighted by atomic mass is 16.1. The van der Waals surface area contributed by atoms with Crippen molar-refractivity contribution in [2.24, 2.45) is 0 Å². The molecule has 5 heteroatoms. The summed E-state index contributed by atoms with van der Waals surface area (Å²) < 4.78 is 0. The lowest BCUT2D eigenvalue weighted by atomic mass is 10.0. The molecule has 2 N–H and O–H groups in total. The molecule has 162 valence electrons. The molecule has 1 saturated heterocycles. The third-order valence-electron chi connectivity index (χ3n) is 5.82. The molecule has 5 nitrogen and oxygen atoms in total. The number of nitrogens with zero attached hydrogens (tertiary/aromatic N) is 2. The van der Waals surface area contributed by atoms with Gasteiger partial charge >= 0.3 is 0 Å². The number of carbonyl (C=O) groups is 1. The summed E-state index contributed by atoms with van der Waals surface area (Å²) in [6, 6.07) is 18.5. The monoisotopic (exact) mass is 416 g/mol. The second kappa shape index (κ2) is 9.92. The largest absolute Gasteiger partial charge is 0.350 e. The Kier molecular flexibility index (Phi) is 6.82. The number of nitrogens with one attached hydrogen (secondary N) is 2. The molecule has 0 saturated carbocycles. The number of hydrogen-bond donors (Lipinski definition) is 2. The minimum Gasteiger partial charge on any atom is -0.350 e. The van der Waals surface area contributed by atoms with Gasteiger partial charge in [-0.2, -0.15) is 5.10 Å². The summed E-state index contributed by atoms with van der Waals surface area (Å²) in [5.74, 6) is -0.0621. The van der Waals surface area contributed by atoms with Crippen molar-refractivity contribution in [1.29, 1.82) is 0 Å². The minimum atomic E-state index is -0.0621. The van der Waals surface area contributed by atoms with Gasteiger partial charge in [-0.1, -0.05) is 36.4 Å². The van der Waals surface area contributed by atoms with Crippen molar-refractivity contribution in [3.05, 3.63) is 65.7 Å². The van der Waals surface area contributed by atoms with Gasteiger partial charge in [0, 0.05) is 17.2 Å². The number of H-pyrrole nitrogens is 1. The molecule has 2 aromatic carbocycles. The topological polar surface area (TPSA) is 61.0 Å². The maximum absolute atomic E-state index is 12.3. The highest BCUT2D eigenvalue weighted by Gasteiger charge is 2.12. The maximum Gasteiger partial charge on any atom is 0.251 e. The van der Waals surface area contributed by atoms with Crippen LogP contribution in [0.3, 0.4) is 0 Å². The van der Waals surface area contributed by atoms with Gasteiger partial charge in [0.25, 0.3) is 5.91 Å². The predicted molar refractivity (Wildman–Crippen MR) is 126 cm³/mol. The van der Waals surface area contributed by atoms with Crippen LogP contribution in [0.2, 0.25) is 0 Å². The van der Waals surface area contributed by atoms with Gasteiger partial charge in [-0.3, -0.25) is 9.89 Å². The van der Waals surface area contributed by atoms with E-state index >= 15 is 0 Å².